The predicted molar refractivity (Wildman–Crippen MR) is 145 cm³/mol. The largest absolute Gasteiger partial charge is 0.294 e. The Kier molecular flexibility index (Phi) is 4.10. The summed E-state index contributed by atoms with van der Waals surface area (Å²) in [7, 11) is 0. The predicted octanol–water partition coefficient (Wildman–Crippen LogP) is 6.74. The molecule has 2 aliphatic rings. The standard InChI is InChI=1S/C33H21N3O/c37-31(21-11-2-1-3-12-21)29-28(27-19-18-20-10-4-7-15-24(20)34-27)33(29)23-14-6-5-13-22(23)30-32(33)36-26-17-9-8-16-25(26)35-30/h1-19,28-29H/t28-,29+,33+/m1/s1. The number of carbonyl (C=O) groups excluding carboxylic acids is 1. The quantitative estimate of drug-likeness (QED) is 0.266. The van der Waals surface area contributed by atoms with Gasteiger partial charge in [0.25, 0.3) is 0 Å². The molecule has 1 fully saturated rings. The number of aromatic nitrogens is 3. The van der Waals surface area contributed by atoms with Crippen molar-refractivity contribution in [3.05, 3.63) is 138 Å². The van der Waals surface area contributed by atoms with Gasteiger partial charge in [0.15, 0.2) is 5.78 Å². The molecule has 6 aromatic rings. The minimum absolute atomic E-state index is 0.123. The van der Waals surface area contributed by atoms with Gasteiger partial charge in [-0.1, -0.05) is 91.0 Å². The molecular formula is C33H21N3O. The molecule has 0 radical (unpaired) electrons. The van der Waals surface area contributed by atoms with E-state index in [2.05, 4.69) is 36.4 Å². The van der Waals surface area contributed by atoms with E-state index < -0.39 is 5.41 Å². The van der Waals surface area contributed by atoms with Gasteiger partial charge in [-0.15, -0.1) is 0 Å². The Morgan fingerprint density at radius 3 is 2.14 bits per heavy atom. The zero-order valence-electron chi connectivity index (χ0n) is 19.9. The molecule has 2 aliphatic carbocycles. The second kappa shape index (κ2) is 7.40. The van der Waals surface area contributed by atoms with E-state index >= 15 is 0 Å². The Labute approximate surface area is 213 Å². The molecule has 1 spiro atoms. The normalized spacial score (nSPS) is 21.2. The summed E-state index contributed by atoms with van der Waals surface area (Å²) < 4.78 is 0. The number of para-hydroxylation sites is 3. The van der Waals surface area contributed by atoms with Crippen molar-refractivity contribution < 1.29 is 4.79 Å². The number of benzene rings is 4. The third-order valence-corrected chi connectivity index (χ3v) is 8.07. The van der Waals surface area contributed by atoms with Gasteiger partial charge in [0.2, 0.25) is 0 Å². The lowest BCUT2D eigenvalue weighted by Gasteiger charge is -2.14. The average molecular weight is 476 g/mol. The molecule has 0 aliphatic heterocycles. The minimum atomic E-state index is -0.606. The second-order valence-corrected chi connectivity index (χ2v) is 9.94. The number of rotatable bonds is 3. The number of ketones is 1. The third kappa shape index (κ3) is 2.73. The fourth-order valence-corrected chi connectivity index (χ4v) is 6.47. The van der Waals surface area contributed by atoms with E-state index in [1.807, 2.05) is 78.9 Å². The van der Waals surface area contributed by atoms with Crippen LogP contribution in [0.4, 0.5) is 0 Å². The molecule has 4 nitrogen and oxygen atoms in total. The van der Waals surface area contributed by atoms with Gasteiger partial charge in [0, 0.05) is 34.0 Å². The van der Waals surface area contributed by atoms with Gasteiger partial charge in [-0.3, -0.25) is 9.78 Å². The van der Waals surface area contributed by atoms with Crippen LogP contribution in [0.25, 0.3) is 33.2 Å². The van der Waals surface area contributed by atoms with Gasteiger partial charge < -0.3 is 0 Å². The molecule has 2 aromatic heterocycles. The molecule has 37 heavy (non-hydrogen) atoms. The zero-order valence-corrected chi connectivity index (χ0v) is 19.9. The fourth-order valence-electron chi connectivity index (χ4n) is 6.47. The van der Waals surface area contributed by atoms with Gasteiger partial charge in [0.1, 0.15) is 0 Å². The zero-order chi connectivity index (χ0) is 24.6. The minimum Gasteiger partial charge on any atom is -0.294 e. The van der Waals surface area contributed by atoms with Crippen LogP contribution in [0.2, 0.25) is 0 Å². The van der Waals surface area contributed by atoms with E-state index in [0.717, 1.165) is 55.7 Å². The van der Waals surface area contributed by atoms with Crippen molar-refractivity contribution in [2.24, 2.45) is 5.92 Å². The first-order chi connectivity index (χ1) is 18.3. The van der Waals surface area contributed by atoms with Crippen LogP contribution in [0.3, 0.4) is 0 Å². The summed E-state index contributed by atoms with van der Waals surface area (Å²) >= 11 is 0. The molecule has 4 heteroatoms. The van der Waals surface area contributed by atoms with Crippen LogP contribution in [-0.4, -0.2) is 20.7 Å². The summed E-state index contributed by atoms with van der Waals surface area (Å²) in [5.41, 5.74) is 7.62. The number of carbonyl (C=O) groups is 1. The van der Waals surface area contributed by atoms with Crippen molar-refractivity contribution in [1.82, 2.24) is 15.0 Å². The number of hydrogen-bond acceptors (Lipinski definition) is 4. The first-order valence-corrected chi connectivity index (χ1v) is 12.6. The number of pyridine rings is 1. The van der Waals surface area contributed by atoms with Crippen molar-refractivity contribution in [2.75, 3.05) is 0 Å². The average Bonchev–Trinajstić information content (AvgIpc) is 3.59. The molecule has 0 N–H and O–H groups in total. The lowest BCUT2D eigenvalue weighted by molar-refractivity contribution is 0.0958. The highest BCUT2D eigenvalue weighted by Crippen LogP contribution is 2.74. The molecule has 2 heterocycles. The molecule has 0 unspecified atom stereocenters. The summed E-state index contributed by atoms with van der Waals surface area (Å²) in [6.45, 7) is 0. The monoisotopic (exact) mass is 475 g/mol. The first kappa shape index (κ1) is 20.5. The van der Waals surface area contributed by atoms with Crippen molar-refractivity contribution in [2.45, 2.75) is 11.3 Å². The maximum atomic E-state index is 14.2. The molecular weight excluding hydrogens is 454 g/mol. The fraction of sp³-hybridized carbons (Fsp3) is 0.0909. The molecule has 1 saturated carbocycles. The van der Waals surface area contributed by atoms with E-state index in [-0.39, 0.29) is 17.6 Å². The Hall–Kier alpha value is -4.70. The van der Waals surface area contributed by atoms with Gasteiger partial charge in [-0.25, -0.2) is 9.97 Å². The van der Waals surface area contributed by atoms with Crippen molar-refractivity contribution in [3.8, 4) is 11.3 Å². The lowest BCUT2D eigenvalue weighted by Crippen LogP contribution is -2.16. The van der Waals surface area contributed by atoms with Crippen LogP contribution in [-0.2, 0) is 5.41 Å². The van der Waals surface area contributed by atoms with E-state index in [1.165, 1.54) is 0 Å². The smallest absolute Gasteiger partial charge is 0.167 e. The SMILES string of the molecule is O=C(c1ccccc1)[C@@H]1[C@@H](c2ccc3ccccc3n2)[C@@]12c1ccccc1-c1nc3ccccc3nc12. The van der Waals surface area contributed by atoms with Crippen LogP contribution in [0, 0.1) is 5.92 Å². The Morgan fingerprint density at radius 2 is 1.30 bits per heavy atom. The third-order valence-electron chi connectivity index (χ3n) is 8.07. The van der Waals surface area contributed by atoms with Crippen LogP contribution in [0.15, 0.2) is 115 Å². The highest BCUT2D eigenvalue weighted by atomic mass is 16.1. The van der Waals surface area contributed by atoms with Gasteiger partial charge in [-0.2, -0.15) is 0 Å². The molecule has 0 saturated heterocycles. The molecule has 0 amide bonds. The number of nitrogens with zero attached hydrogens (tertiary/aromatic N) is 3. The van der Waals surface area contributed by atoms with E-state index in [1.54, 1.807) is 0 Å². The summed E-state index contributed by atoms with van der Waals surface area (Å²) in [5, 5.41) is 1.09. The summed E-state index contributed by atoms with van der Waals surface area (Å²) in [4.78, 5) is 29.6. The Morgan fingerprint density at radius 1 is 0.622 bits per heavy atom. The van der Waals surface area contributed by atoms with E-state index in [9.17, 15) is 4.79 Å². The summed E-state index contributed by atoms with van der Waals surface area (Å²) in [6, 6.07) is 38.3. The van der Waals surface area contributed by atoms with Crippen molar-refractivity contribution in [1.29, 1.82) is 0 Å². The first-order valence-electron chi connectivity index (χ1n) is 12.6. The van der Waals surface area contributed by atoms with Gasteiger partial charge in [0.05, 0.1) is 33.4 Å². The molecule has 0 bridgehead atoms. The van der Waals surface area contributed by atoms with Gasteiger partial charge in [-0.05, 0) is 29.8 Å². The number of fused-ring (bicyclic) bond motifs is 7. The summed E-state index contributed by atoms with van der Waals surface area (Å²) in [5.74, 6) is -0.331. The van der Waals surface area contributed by atoms with Crippen LogP contribution in [0.1, 0.15) is 33.2 Å². The highest BCUT2D eigenvalue weighted by molar-refractivity contribution is 6.05. The highest BCUT2D eigenvalue weighted by Gasteiger charge is 2.74. The van der Waals surface area contributed by atoms with Gasteiger partial charge >= 0.3 is 0 Å². The van der Waals surface area contributed by atoms with Crippen LogP contribution in [0.5, 0.6) is 0 Å². The van der Waals surface area contributed by atoms with Crippen LogP contribution >= 0.6 is 0 Å². The molecule has 4 aromatic carbocycles. The Bertz CT molecular complexity index is 1880. The van der Waals surface area contributed by atoms with Crippen molar-refractivity contribution >= 4 is 27.7 Å². The Balaban J connectivity index is 1.42. The van der Waals surface area contributed by atoms with E-state index in [4.69, 9.17) is 15.0 Å². The van der Waals surface area contributed by atoms with Crippen molar-refractivity contribution in [3.63, 3.8) is 0 Å². The second-order valence-electron chi connectivity index (χ2n) is 9.94. The topological polar surface area (TPSA) is 55.7 Å². The maximum absolute atomic E-state index is 14.2. The number of hydrogen-bond donors (Lipinski definition) is 0. The van der Waals surface area contributed by atoms with E-state index in [0.29, 0.717) is 0 Å². The lowest BCUT2D eigenvalue weighted by atomic mass is 9.89. The molecule has 174 valence electrons. The van der Waals surface area contributed by atoms with Crippen LogP contribution < -0.4 is 0 Å². The number of Topliss-reactive ketones (excluding diaryl/α,β-unsaturated/α-hetero) is 1. The maximum Gasteiger partial charge on any atom is 0.167 e. The molecule has 3 atom stereocenters. The molecule has 8 rings (SSSR count). The summed E-state index contributed by atoms with van der Waals surface area (Å²) in [6.07, 6.45) is 0.